The Balaban J connectivity index is 1.59. The van der Waals surface area contributed by atoms with Crippen LogP contribution in [0.2, 0.25) is 0 Å². The van der Waals surface area contributed by atoms with Gasteiger partial charge < -0.3 is 18.9 Å². The van der Waals surface area contributed by atoms with Gasteiger partial charge in [-0.25, -0.2) is 0 Å². The average molecular weight is 344 g/mol. The lowest BCUT2D eigenvalue weighted by Crippen LogP contribution is -2.39. The lowest BCUT2D eigenvalue weighted by Gasteiger charge is -2.31. The van der Waals surface area contributed by atoms with Crippen LogP contribution in [0.1, 0.15) is 30.1 Å². The predicted octanol–water partition coefficient (Wildman–Crippen LogP) is 1.78. The third-order valence-corrected chi connectivity index (χ3v) is 4.76. The van der Waals surface area contributed by atoms with E-state index < -0.39 is 0 Å². The molecule has 1 saturated heterocycles. The average Bonchev–Trinajstić information content (AvgIpc) is 3.07. The zero-order valence-electron chi connectivity index (χ0n) is 14.9. The molecule has 1 amide bonds. The van der Waals surface area contributed by atoms with Crippen molar-refractivity contribution in [3.05, 3.63) is 35.9 Å². The smallest absolute Gasteiger partial charge is 0.226 e. The van der Waals surface area contributed by atoms with Gasteiger partial charge in [-0.15, -0.1) is 10.2 Å². The van der Waals surface area contributed by atoms with E-state index in [1.165, 1.54) is 0 Å². The first-order chi connectivity index (χ1) is 12.1. The summed E-state index contributed by atoms with van der Waals surface area (Å²) in [6, 6.07) is 5.61. The fraction of sp³-hybridized carbons (Fsp3) is 0.500. The number of rotatable bonds is 5. The van der Waals surface area contributed by atoms with Crippen LogP contribution < -0.4 is 9.47 Å². The molecule has 2 aromatic rings. The molecule has 0 N–H and O–H groups in total. The molecule has 134 valence electrons. The van der Waals surface area contributed by atoms with E-state index in [1.807, 2.05) is 34.7 Å². The van der Waals surface area contributed by atoms with Crippen LogP contribution in [0.25, 0.3) is 0 Å². The number of hydrogen-bond acceptors (Lipinski definition) is 5. The van der Waals surface area contributed by atoms with Crippen molar-refractivity contribution in [3.8, 4) is 11.5 Å². The van der Waals surface area contributed by atoms with Gasteiger partial charge in [0.05, 0.1) is 20.6 Å². The first kappa shape index (κ1) is 17.3. The molecule has 0 unspecified atom stereocenters. The van der Waals surface area contributed by atoms with Crippen molar-refractivity contribution in [3.63, 3.8) is 0 Å². The van der Waals surface area contributed by atoms with Crippen molar-refractivity contribution in [1.82, 2.24) is 19.7 Å². The Morgan fingerprint density at radius 2 is 1.92 bits per heavy atom. The minimum atomic E-state index is 0.142. The van der Waals surface area contributed by atoms with Crippen LogP contribution in [0.4, 0.5) is 0 Å². The largest absolute Gasteiger partial charge is 0.493 e. The quantitative estimate of drug-likeness (QED) is 0.827. The summed E-state index contributed by atoms with van der Waals surface area (Å²) < 4.78 is 12.5. The molecule has 7 nitrogen and oxygen atoms in total. The number of carbonyl (C=O) groups excluding carboxylic acids is 1. The molecular weight excluding hydrogens is 320 g/mol. The molecule has 1 fully saturated rings. The van der Waals surface area contributed by atoms with E-state index in [0.29, 0.717) is 23.8 Å². The third kappa shape index (κ3) is 3.75. The number of piperidine rings is 1. The Morgan fingerprint density at radius 3 is 2.52 bits per heavy atom. The Kier molecular flexibility index (Phi) is 5.21. The van der Waals surface area contributed by atoms with Gasteiger partial charge in [-0.1, -0.05) is 6.07 Å². The highest BCUT2D eigenvalue weighted by atomic mass is 16.5. The highest BCUT2D eigenvalue weighted by Crippen LogP contribution is 2.29. The van der Waals surface area contributed by atoms with E-state index in [-0.39, 0.29) is 5.91 Å². The molecule has 1 aliphatic rings. The normalized spacial score (nSPS) is 15.2. The third-order valence-electron chi connectivity index (χ3n) is 4.76. The number of ether oxygens (including phenoxy) is 2. The van der Waals surface area contributed by atoms with Gasteiger partial charge in [-0.2, -0.15) is 0 Å². The standard InChI is InChI=1S/C18H24N4O3/c1-21-12-19-20-18(21)14-6-8-22(9-7-14)17(23)11-13-4-5-15(24-2)16(10-13)25-3/h4-5,10,12,14H,6-9,11H2,1-3H3. The number of hydrogen-bond donors (Lipinski definition) is 0. The zero-order chi connectivity index (χ0) is 17.8. The number of amides is 1. The summed E-state index contributed by atoms with van der Waals surface area (Å²) in [6.45, 7) is 1.51. The maximum absolute atomic E-state index is 12.6. The summed E-state index contributed by atoms with van der Waals surface area (Å²) in [5.74, 6) is 2.84. The van der Waals surface area contributed by atoms with Gasteiger partial charge in [0.2, 0.25) is 5.91 Å². The van der Waals surface area contributed by atoms with E-state index in [2.05, 4.69) is 10.2 Å². The lowest BCUT2D eigenvalue weighted by molar-refractivity contribution is -0.131. The number of likely N-dealkylation sites (tertiary alicyclic amines) is 1. The molecule has 1 aromatic heterocycles. The molecule has 25 heavy (non-hydrogen) atoms. The van der Waals surface area contributed by atoms with Crippen molar-refractivity contribution in [2.24, 2.45) is 7.05 Å². The monoisotopic (exact) mass is 344 g/mol. The van der Waals surface area contributed by atoms with E-state index in [1.54, 1.807) is 20.5 Å². The second-order valence-electron chi connectivity index (χ2n) is 6.32. The molecule has 3 rings (SSSR count). The summed E-state index contributed by atoms with van der Waals surface area (Å²) in [7, 11) is 5.16. The molecule has 0 spiro atoms. The van der Waals surface area contributed by atoms with E-state index in [0.717, 1.165) is 37.3 Å². The molecule has 7 heteroatoms. The fourth-order valence-corrected chi connectivity index (χ4v) is 3.33. The number of carbonyl (C=O) groups is 1. The predicted molar refractivity (Wildman–Crippen MR) is 92.8 cm³/mol. The lowest BCUT2D eigenvalue weighted by atomic mass is 9.95. The summed E-state index contributed by atoms with van der Waals surface area (Å²) in [4.78, 5) is 14.5. The van der Waals surface area contributed by atoms with Gasteiger partial charge in [-0.05, 0) is 30.5 Å². The number of aromatic nitrogens is 3. The molecule has 0 bridgehead atoms. The topological polar surface area (TPSA) is 69.5 Å². The van der Waals surface area contributed by atoms with Gasteiger partial charge in [0.25, 0.3) is 0 Å². The van der Waals surface area contributed by atoms with Crippen LogP contribution >= 0.6 is 0 Å². The van der Waals surface area contributed by atoms with Gasteiger partial charge in [0.15, 0.2) is 11.5 Å². The van der Waals surface area contributed by atoms with Crippen LogP contribution in [-0.4, -0.2) is 52.9 Å². The fourth-order valence-electron chi connectivity index (χ4n) is 3.33. The Bertz CT molecular complexity index is 736. The van der Waals surface area contributed by atoms with E-state index in [4.69, 9.17) is 9.47 Å². The molecule has 0 atom stereocenters. The molecule has 1 aliphatic heterocycles. The summed E-state index contributed by atoms with van der Waals surface area (Å²) in [6.07, 6.45) is 3.94. The summed E-state index contributed by atoms with van der Waals surface area (Å²) in [5, 5.41) is 8.14. The van der Waals surface area contributed by atoms with Crippen molar-refractivity contribution < 1.29 is 14.3 Å². The van der Waals surface area contributed by atoms with Crippen LogP contribution in [0.5, 0.6) is 11.5 Å². The van der Waals surface area contributed by atoms with E-state index >= 15 is 0 Å². The van der Waals surface area contributed by atoms with Gasteiger partial charge >= 0.3 is 0 Å². The zero-order valence-corrected chi connectivity index (χ0v) is 14.9. The Labute approximate surface area is 147 Å². The van der Waals surface area contributed by atoms with Crippen molar-refractivity contribution >= 4 is 5.91 Å². The molecular formula is C18H24N4O3. The number of aryl methyl sites for hydroxylation is 1. The first-order valence-electron chi connectivity index (χ1n) is 8.45. The number of nitrogens with zero attached hydrogens (tertiary/aromatic N) is 4. The number of methoxy groups -OCH3 is 2. The molecule has 0 aliphatic carbocycles. The number of benzene rings is 1. The first-order valence-corrected chi connectivity index (χ1v) is 8.45. The van der Waals surface area contributed by atoms with Gasteiger partial charge in [0.1, 0.15) is 12.2 Å². The van der Waals surface area contributed by atoms with Crippen molar-refractivity contribution in [1.29, 1.82) is 0 Å². The van der Waals surface area contributed by atoms with Crippen molar-refractivity contribution in [2.45, 2.75) is 25.2 Å². The second kappa shape index (κ2) is 7.55. The minimum Gasteiger partial charge on any atom is -0.493 e. The van der Waals surface area contributed by atoms with Gasteiger partial charge in [-0.3, -0.25) is 4.79 Å². The maximum atomic E-state index is 12.6. The minimum absolute atomic E-state index is 0.142. The Morgan fingerprint density at radius 1 is 1.20 bits per heavy atom. The SMILES string of the molecule is COc1ccc(CC(=O)N2CCC(c3nncn3C)CC2)cc1OC. The van der Waals surface area contributed by atoms with Gasteiger partial charge in [0, 0.05) is 26.1 Å². The van der Waals surface area contributed by atoms with Crippen LogP contribution in [0, 0.1) is 0 Å². The van der Waals surface area contributed by atoms with Crippen LogP contribution in [0.3, 0.4) is 0 Å². The second-order valence-corrected chi connectivity index (χ2v) is 6.32. The Hall–Kier alpha value is -2.57. The molecule has 0 saturated carbocycles. The van der Waals surface area contributed by atoms with E-state index in [9.17, 15) is 4.79 Å². The van der Waals surface area contributed by atoms with Crippen LogP contribution in [0.15, 0.2) is 24.5 Å². The highest BCUT2D eigenvalue weighted by Gasteiger charge is 2.26. The molecule has 0 radical (unpaired) electrons. The van der Waals surface area contributed by atoms with Crippen molar-refractivity contribution in [2.75, 3.05) is 27.3 Å². The maximum Gasteiger partial charge on any atom is 0.226 e. The van der Waals surface area contributed by atoms with Crippen LogP contribution in [-0.2, 0) is 18.3 Å². The summed E-state index contributed by atoms with van der Waals surface area (Å²) in [5.41, 5.74) is 0.929. The highest BCUT2D eigenvalue weighted by molar-refractivity contribution is 5.79. The molecule has 2 heterocycles. The summed E-state index contributed by atoms with van der Waals surface area (Å²) >= 11 is 0. The molecule has 1 aromatic carbocycles.